The Labute approximate surface area is 127 Å². The van der Waals surface area contributed by atoms with Crippen molar-refractivity contribution in [2.24, 2.45) is 5.92 Å². The molecule has 1 aliphatic carbocycles. The molecule has 0 radical (unpaired) electrons. The minimum atomic E-state index is -3.58. The van der Waals surface area contributed by atoms with Crippen molar-refractivity contribution in [3.8, 4) is 0 Å². The molecule has 0 N–H and O–H groups in total. The van der Waals surface area contributed by atoms with Crippen LogP contribution in [-0.2, 0) is 10.0 Å². The summed E-state index contributed by atoms with van der Waals surface area (Å²) in [5.74, 6) is -0.0303. The Morgan fingerprint density at radius 1 is 1.14 bits per heavy atom. The van der Waals surface area contributed by atoms with Gasteiger partial charge in [-0.05, 0) is 55.9 Å². The first-order valence-corrected chi connectivity index (χ1v) is 8.94. The van der Waals surface area contributed by atoms with Crippen LogP contribution < -0.4 is 0 Å². The van der Waals surface area contributed by atoms with E-state index in [4.69, 9.17) is 0 Å². The molecule has 1 aromatic carbocycles. The van der Waals surface area contributed by atoms with E-state index in [0.29, 0.717) is 17.0 Å². The number of hydrogen-bond donors (Lipinski definition) is 0. The zero-order valence-electron chi connectivity index (χ0n) is 13.2. The Balaban J connectivity index is 2.42. The van der Waals surface area contributed by atoms with Crippen LogP contribution in [0.1, 0.15) is 43.7 Å². The van der Waals surface area contributed by atoms with Crippen LogP contribution >= 0.6 is 0 Å². The van der Waals surface area contributed by atoms with Crippen molar-refractivity contribution in [3.05, 3.63) is 29.1 Å². The lowest BCUT2D eigenvalue weighted by Crippen LogP contribution is -2.43. The van der Waals surface area contributed by atoms with Crippen LogP contribution in [0, 0.1) is 25.6 Å². The summed E-state index contributed by atoms with van der Waals surface area (Å²) < 4.78 is 40.8. The highest BCUT2D eigenvalue weighted by atomic mass is 32.2. The molecule has 21 heavy (non-hydrogen) atoms. The Kier molecular flexibility index (Phi) is 4.73. The third-order valence-electron chi connectivity index (χ3n) is 4.60. The Hall–Kier alpha value is -0.940. The number of hydrogen-bond acceptors (Lipinski definition) is 2. The third-order valence-corrected chi connectivity index (χ3v) is 6.78. The fourth-order valence-electron chi connectivity index (χ4n) is 3.46. The maximum Gasteiger partial charge on any atom is 0.243 e. The van der Waals surface area contributed by atoms with Gasteiger partial charge in [-0.15, -0.1) is 0 Å². The summed E-state index contributed by atoms with van der Waals surface area (Å²) in [4.78, 5) is 0.254. The van der Waals surface area contributed by atoms with Gasteiger partial charge in [0.05, 0.1) is 4.90 Å². The van der Waals surface area contributed by atoms with Gasteiger partial charge in [-0.1, -0.05) is 19.8 Å². The first kappa shape index (κ1) is 16.4. The van der Waals surface area contributed by atoms with Crippen LogP contribution in [0.25, 0.3) is 0 Å². The molecular weight excluding hydrogens is 289 g/mol. The van der Waals surface area contributed by atoms with Crippen molar-refractivity contribution < 1.29 is 12.8 Å². The first-order chi connectivity index (χ1) is 9.75. The van der Waals surface area contributed by atoms with E-state index < -0.39 is 15.8 Å². The predicted octanol–water partition coefficient (Wildman–Crippen LogP) is 3.64. The molecule has 0 aliphatic heterocycles. The lowest BCUT2D eigenvalue weighted by atomic mass is 9.86. The van der Waals surface area contributed by atoms with Crippen LogP contribution in [0.2, 0.25) is 0 Å². The highest BCUT2D eigenvalue weighted by Crippen LogP contribution is 2.32. The molecule has 118 valence electrons. The normalized spacial score (nSPS) is 23.5. The molecule has 3 nitrogen and oxygen atoms in total. The van der Waals surface area contributed by atoms with Gasteiger partial charge < -0.3 is 0 Å². The van der Waals surface area contributed by atoms with Crippen molar-refractivity contribution in [2.75, 3.05) is 7.05 Å². The summed E-state index contributed by atoms with van der Waals surface area (Å²) in [6.45, 7) is 5.42. The molecule has 0 spiro atoms. The monoisotopic (exact) mass is 313 g/mol. The molecule has 2 atom stereocenters. The van der Waals surface area contributed by atoms with Crippen molar-refractivity contribution in [3.63, 3.8) is 0 Å². The van der Waals surface area contributed by atoms with E-state index in [1.54, 1.807) is 20.9 Å². The molecule has 0 heterocycles. The van der Waals surface area contributed by atoms with Crippen molar-refractivity contribution in [2.45, 2.75) is 57.4 Å². The van der Waals surface area contributed by atoms with Gasteiger partial charge in [0.25, 0.3) is 0 Å². The second-order valence-electron chi connectivity index (χ2n) is 6.22. The largest absolute Gasteiger partial charge is 0.243 e. The van der Waals surface area contributed by atoms with E-state index in [2.05, 4.69) is 6.92 Å². The molecule has 0 aromatic heterocycles. The van der Waals surface area contributed by atoms with E-state index in [1.165, 1.54) is 22.9 Å². The molecule has 1 saturated carbocycles. The molecule has 0 saturated heterocycles. The maximum atomic E-state index is 13.4. The number of aryl methyl sites for hydroxylation is 2. The van der Waals surface area contributed by atoms with Crippen LogP contribution in [0.15, 0.2) is 17.0 Å². The molecule has 1 fully saturated rings. The van der Waals surface area contributed by atoms with Gasteiger partial charge >= 0.3 is 0 Å². The molecule has 5 heteroatoms. The molecule has 2 unspecified atom stereocenters. The fraction of sp³-hybridized carbons (Fsp3) is 0.625. The lowest BCUT2D eigenvalue weighted by molar-refractivity contribution is 0.213. The molecule has 1 aliphatic rings. The molecule has 2 rings (SSSR count). The van der Waals surface area contributed by atoms with Gasteiger partial charge in [-0.2, -0.15) is 4.31 Å². The average molecular weight is 313 g/mol. The van der Waals surface area contributed by atoms with Gasteiger partial charge in [0, 0.05) is 13.1 Å². The van der Waals surface area contributed by atoms with Gasteiger partial charge in [-0.3, -0.25) is 0 Å². The van der Waals surface area contributed by atoms with E-state index in [-0.39, 0.29) is 10.9 Å². The number of sulfonamides is 1. The Morgan fingerprint density at radius 3 is 2.19 bits per heavy atom. The van der Waals surface area contributed by atoms with Crippen LogP contribution in [0.4, 0.5) is 4.39 Å². The first-order valence-electron chi connectivity index (χ1n) is 7.50. The minimum absolute atomic E-state index is 0.0348. The van der Waals surface area contributed by atoms with Crippen LogP contribution in [-0.4, -0.2) is 25.8 Å². The summed E-state index contributed by atoms with van der Waals surface area (Å²) in [7, 11) is -1.93. The Bertz CT molecular complexity index is 604. The molecule has 0 bridgehead atoms. The van der Waals surface area contributed by atoms with Gasteiger partial charge in [-0.25, -0.2) is 12.8 Å². The quantitative estimate of drug-likeness (QED) is 0.854. The smallest absolute Gasteiger partial charge is 0.207 e. The average Bonchev–Trinajstić information content (AvgIpc) is 2.36. The number of benzene rings is 1. The van der Waals surface area contributed by atoms with Crippen LogP contribution in [0.5, 0.6) is 0 Å². The van der Waals surface area contributed by atoms with Gasteiger partial charge in [0.15, 0.2) is 0 Å². The summed E-state index contributed by atoms with van der Waals surface area (Å²) in [6, 6.07) is 2.61. The van der Waals surface area contributed by atoms with E-state index in [9.17, 15) is 12.8 Å². The van der Waals surface area contributed by atoms with Gasteiger partial charge in [0.2, 0.25) is 10.0 Å². The predicted molar refractivity (Wildman–Crippen MR) is 82.2 cm³/mol. The molecular formula is C16H24FNO2S. The summed E-state index contributed by atoms with van der Waals surface area (Å²) in [5, 5.41) is 0. The SMILES string of the molecule is Cc1cc(F)cc(C)c1S(=O)(=O)N(C)C1CCCCC1C. The van der Waals surface area contributed by atoms with E-state index >= 15 is 0 Å². The fourth-order valence-corrected chi connectivity index (χ4v) is 5.35. The van der Waals surface area contributed by atoms with Crippen molar-refractivity contribution in [1.29, 1.82) is 0 Å². The zero-order chi connectivity index (χ0) is 15.8. The van der Waals surface area contributed by atoms with Crippen molar-refractivity contribution >= 4 is 10.0 Å². The third kappa shape index (κ3) is 3.14. The maximum absolute atomic E-state index is 13.4. The highest BCUT2D eigenvalue weighted by Gasteiger charge is 2.34. The van der Waals surface area contributed by atoms with Crippen LogP contribution in [0.3, 0.4) is 0 Å². The standard InChI is InChI=1S/C16H24FNO2S/c1-11-7-5-6-8-15(11)18(4)21(19,20)16-12(2)9-14(17)10-13(16)3/h9-11,15H,5-8H2,1-4H3. The van der Waals surface area contributed by atoms with Crippen molar-refractivity contribution in [1.82, 2.24) is 4.31 Å². The number of rotatable bonds is 3. The summed E-state index contributed by atoms with van der Waals surface area (Å²) in [6.07, 6.45) is 4.19. The van der Waals surface area contributed by atoms with E-state index in [0.717, 1.165) is 19.3 Å². The van der Waals surface area contributed by atoms with Gasteiger partial charge in [0.1, 0.15) is 5.82 Å². The lowest BCUT2D eigenvalue weighted by Gasteiger charge is -2.36. The summed E-state index contributed by atoms with van der Waals surface area (Å²) in [5.41, 5.74) is 0.950. The minimum Gasteiger partial charge on any atom is -0.207 e. The number of halogens is 1. The highest BCUT2D eigenvalue weighted by molar-refractivity contribution is 7.89. The summed E-state index contributed by atoms with van der Waals surface area (Å²) >= 11 is 0. The second-order valence-corrected chi connectivity index (χ2v) is 8.15. The molecule has 1 aromatic rings. The van der Waals surface area contributed by atoms with E-state index in [1.807, 2.05) is 0 Å². The Morgan fingerprint density at radius 2 is 1.67 bits per heavy atom. The second kappa shape index (κ2) is 6.05. The zero-order valence-corrected chi connectivity index (χ0v) is 14.0. The topological polar surface area (TPSA) is 37.4 Å². The molecule has 0 amide bonds. The number of nitrogens with zero attached hydrogens (tertiary/aromatic N) is 1.